The first-order valence-electron chi connectivity index (χ1n) is 9.13. The normalized spacial score (nSPS) is 10.5. The number of anilines is 1. The van der Waals surface area contributed by atoms with Gasteiger partial charge in [-0.2, -0.15) is 4.98 Å². The summed E-state index contributed by atoms with van der Waals surface area (Å²) >= 11 is 5.88. The molecule has 0 fully saturated rings. The fourth-order valence-electron chi connectivity index (χ4n) is 2.57. The first-order chi connectivity index (χ1) is 14.4. The maximum Gasteiger partial charge on any atom is 0.343 e. The topological polar surface area (TPSA) is 104 Å². The lowest BCUT2D eigenvalue weighted by Crippen LogP contribution is -2.14. The molecular formula is C21H20ClN3O5. The quantitative estimate of drug-likeness (QED) is 0.543. The van der Waals surface area contributed by atoms with Gasteiger partial charge >= 0.3 is 5.97 Å². The molecule has 2 aromatic carbocycles. The molecule has 1 N–H and O–H groups in total. The molecule has 0 bridgehead atoms. The number of ether oxygens (including phenoxy) is 2. The Bertz CT molecular complexity index is 1030. The van der Waals surface area contributed by atoms with E-state index in [1.165, 1.54) is 7.11 Å². The Balaban J connectivity index is 1.52. The van der Waals surface area contributed by atoms with E-state index in [1.54, 1.807) is 42.5 Å². The van der Waals surface area contributed by atoms with Crippen LogP contribution in [0.15, 0.2) is 47.0 Å². The van der Waals surface area contributed by atoms with Crippen molar-refractivity contribution in [3.8, 4) is 17.1 Å². The van der Waals surface area contributed by atoms with E-state index in [0.717, 1.165) is 11.1 Å². The van der Waals surface area contributed by atoms with Gasteiger partial charge in [0.1, 0.15) is 5.75 Å². The van der Waals surface area contributed by atoms with Gasteiger partial charge in [0, 0.05) is 29.1 Å². The summed E-state index contributed by atoms with van der Waals surface area (Å²) in [6.07, 6.45) is 0.494. The minimum absolute atomic E-state index is 0.177. The molecule has 1 amide bonds. The molecule has 0 saturated carbocycles. The Hall–Kier alpha value is -3.39. The molecule has 30 heavy (non-hydrogen) atoms. The van der Waals surface area contributed by atoms with E-state index in [-0.39, 0.29) is 18.9 Å². The van der Waals surface area contributed by atoms with E-state index >= 15 is 0 Å². The second-order valence-corrected chi connectivity index (χ2v) is 6.84. The minimum Gasteiger partial charge on any atom is -0.482 e. The summed E-state index contributed by atoms with van der Waals surface area (Å²) in [6.45, 7) is 1.65. The van der Waals surface area contributed by atoms with Crippen LogP contribution in [0.25, 0.3) is 11.4 Å². The van der Waals surface area contributed by atoms with Gasteiger partial charge in [-0.15, -0.1) is 0 Å². The van der Waals surface area contributed by atoms with Crippen LogP contribution in [0.1, 0.15) is 17.9 Å². The van der Waals surface area contributed by atoms with Crippen molar-refractivity contribution in [1.82, 2.24) is 10.1 Å². The number of benzene rings is 2. The van der Waals surface area contributed by atoms with Crippen molar-refractivity contribution in [2.45, 2.75) is 19.8 Å². The number of carbonyl (C=O) groups excluding carboxylic acids is 2. The number of aryl methyl sites for hydroxylation is 2. The molecule has 0 aliphatic heterocycles. The second kappa shape index (κ2) is 9.89. The largest absolute Gasteiger partial charge is 0.482 e. The molecule has 3 aromatic rings. The van der Waals surface area contributed by atoms with Crippen molar-refractivity contribution >= 4 is 29.2 Å². The van der Waals surface area contributed by atoms with Gasteiger partial charge in [-0.25, -0.2) is 4.79 Å². The molecule has 0 spiro atoms. The van der Waals surface area contributed by atoms with Crippen LogP contribution in [0.4, 0.5) is 5.69 Å². The van der Waals surface area contributed by atoms with Gasteiger partial charge in [-0.1, -0.05) is 16.8 Å². The number of hydrogen-bond acceptors (Lipinski definition) is 7. The van der Waals surface area contributed by atoms with Crippen molar-refractivity contribution in [3.05, 3.63) is 58.9 Å². The Morgan fingerprint density at radius 1 is 1.17 bits per heavy atom. The van der Waals surface area contributed by atoms with Crippen LogP contribution in [0.2, 0.25) is 5.02 Å². The van der Waals surface area contributed by atoms with Crippen LogP contribution in [-0.4, -0.2) is 35.7 Å². The van der Waals surface area contributed by atoms with E-state index in [4.69, 9.17) is 20.9 Å². The smallest absolute Gasteiger partial charge is 0.343 e. The number of rotatable bonds is 8. The maximum atomic E-state index is 12.3. The third kappa shape index (κ3) is 5.81. The fraction of sp³-hybridized carbons (Fsp3) is 0.238. The Morgan fingerprint density at radius 2 is 1.93 bits per heavy atom. The highest BCUT2D eigenvalue weighted by Gasteiger charge is 2.12. The number of amides is 1. The van der Waals surface area contributed by atoms with Crippen LogP contribution in [0.5, 0.6) is 5.75 Å². The summed E-state index contributed by atoms with van der Waals surface area (Å²) in [5, 5.41) is 7.39. The SMILES string of the molecule is COC(=O)COc1ccc(NC(=O)CCc2nc(-c3ccc(Cl)cc3)no2)c(C)c1. The van der Waals surface area contributed by atoms with Crippen LogP contribution in [-0.2, 0) is 20.7 Å². The van der Waals surface area contributed by atoms with Gasteiger partial charge in [-0.3, -0.25) is 4.79 Å². The number of nitrogens with one attached hydrogen (secondary N) is 1. The van der Waals surface area contributed by atoms with Gasteiger partial charge in [0.2, 0.25) is 17.6 Å². The monoisotopic (exact) mass is 429 g/mol. The standard InChI is InChI=1S/C21H20ClN3O5/c1-13-11-16(29-12-20(27)28-2)7-8-17(13)23-18(26)9-10-19-24-21(25-30-19)14-3-5-15(22)6-4-14/h3-8,11H,9-10,12H2,1-2H3,(H,23,26). The van der Waals surface area contributed by atoms with E-state index in [9.17, 15) is 9.59 Å². The second-order valence-electron chi connectivity index (χ2n) is 6.41. The average Bonchev–Trinajstić information content (AvgIpc) is 3.22. The van der Waals surface area contributed by atoms with E-state index in [2.05, 4.69) is 20.2 Å². The van der Waals surface area contributed by atoms with Crippen LogP contribution >= 0.6 is 11.6 Å². The lowest BCUT2D eigenvalue weighted by molar-refractivity contribution is -0.142. The van der Waals surface area contributed by atoms with Gasteiger partial charge in [0.15, 0.2) is 6.61 Å². The van der Waals surface area contributed by atoms with E-state index in [0.29, 0.717) is 34.6 Å². The first kappa shape index (κ1) is 21.3. The number of aromatic nitrogens is 2. The molecule has 1 heterocycles. The fourth-order valence-corrected chi connectivity index (χ4v) is 2.70. The van der Waals surface area contributed by atoms with Crippen molar-refractivity contribution in [2.24, 2.45) is 0 Å². The van der Waals surface area contributed by atoms with Crippen LogP contribution < -0.4 is 10.1 Å². The van der Waals surface area contributed by atoms with Gasteiger partial charge < -0.3 is 19.3 Å². The average molecular weight is 430 g/mol. The molecule has 8 nitrogen and oxygen atoms in total. The third-order valence-electron chi connectivity index (χ3n) is 4.19. The summed E-state index contributed by atoms with van der Waals surface area (Å²) < 4.78 is 15.1. The predicted molar refractivity (Wildman–Crippen MR) is 110 cm³/mol. The highest BCUT2D eigenvalue weighted by Crippen LogP contribution is 2.22. The molecule has 0 unspecified atom stereocenters. The lowest BCUT2D eigenvalue weighted by Gasteiger charge is -2.10. The van der Waals surface area contributed by atoms with Gasteiger partial charge in [0.25, 0.3) is 0 Å². The molecular weight excluding hydrogens is 410 g/mol. The molecule has 156 valence electrons. The maximum absolute atomic E-state index is 12.3. The minimum atomic E-state index is -0.467. The number of nitrogens with zero attached hydrogens (tertiary/aromatic N) is 2. The lowest BCUT2D eigenvalue weighted by atomic mass is 10.2. The summed E-state index contributed by atoms with van der Waals surface area (Å²) in [5.41, 5.74) is 2.23. The number of halogens is 1. The molecule has 0 saturated heterocycles. The number of hydrogen-bond donors (Lipinski definition) is 1. The zero-order chi connectivity index (χ0) is 21.5. The van der Waals surface area contributed by atoms with Crippen molar-refractivity contribution in [2.75, 3.05) is 19.0 Å². The highest BCUT2D eigenvalue weighted by atomic mass is 35.5. The van der Waals surface area contributed by atoms with Crippen molar-refractivity contribution in [1.29, 1.82) is 0 Å². The molecule has 3 rings (SSSR count). The molecule has 0 aliphatic rings. The Kier molecular flexibility index (Phi) is 7.03. The number of methoxy groups -OCH3 is 1. The zero-order valence-electron chi connectivity index (χ0n) is 16.5. The van der Waals surface area contributed by atoms with Crippen molar-refractivity contribution in [3.63, 3.8) is 0 Å². The molecule has 0 atom stereocenters. The summed E-state index contributed by atoms with van der Waals surface area (Å²) in [6, 6.07) is 12.2. The van der Waals surface area contributed by atoms with Crippen LogP contribution in [0.3, 0.4) is 0 Å². The Labute approximate surface area is 178 Å². The predicted octanol–water partition coefficient (Wildman–Crippen LogP) is 3.82. The van der Waals surface area contributed by atoms with E-state index < -0.39 is 5.97 Å². The molecule has 1 aromatic heterocycles. The molecule has 0 radical (unpaired) electrons. The summed E-state index contributed by atoms with van der Waals surface area (Å²) in [5.74, 6) is 0.674. The van der Waals surface area contributed by atoms with Crippen molar-refractivity contribution < 1.29 is 23.6 Å². The zero-order valence-corrected chi connectivity index (χ0v) is 17.2. The number of esters is 1. The third-order valence-corrected chi connectivity index (χ3v) is 4.44. The summed E-state index contributed by atoms with van der Waals surface area (Å²) in [7, 11) is 1.29. The molecule has 0 aliphatic carbocycles. The first-order valence-corrected chi connectivity index (χ1v) is 9.51. The molecule has 9 heteroatoms. The Morgan fingerprint density at radius 3 is 2.63 bits per heavy atom. The van der Waals surface area contributed by atoms with Gasteiger partial charge in [-0.05, 0) is 55.0 Å². The van der Waals surface area contributed by atoms with Gasteiger partial charge in [0.05, 0.1) is 7.11 Å². The van der Waals surface area contributed by atoms with Crippen LogP contribution in [0, 0.1) is 6.92 Å². The van der Waals surface area contributed by atoms with E-state index in [1.807, 2.05) is 6.92 Å². The summed E-state index contributed by atoms with van der Waals surface area (Å²) in [4.78, 5) is 27.7. The highest BCUT2D eigenvalue weighted by molar-refractivity contribution is 6.30. The number of carbonyl (C=O) groups is 2.